The molecular formula is C20H42IN5. The Bertz CT molecular complexity index is 382. The van der Waals surface area contributed by atoms with Gasteiger partial charge in [-0.1, -0.05) is 26.7 Å². The van der Waals surface area contributed by atoms with Gasteiger partial charge < -0.3 is 15.5 Å². The molecule has 0 aliphatic carbocycles. The quantitative estimate of drug-likeness (QED) is 0.319. The Morgan fingerprint density at radius 3 is 2.46 bits per heavy atom. The molecule has 0 amide bonds. The standard InChI is InChI=1S/C20H41N5.HI/c1-4-7-13-24-15-11-18(12-16-24)23-20(21-5-2)22-17-19-10-8-9-14-25(19)6-3;/h18-19H,4-17H2,1-3H3,(H2,21,22,23);1H. The third-order valence-electron chi connectivity index (χ3n) is 5.72. The molecule has 154 valence electrons. The van der Waals surface area contributed by atoms with E-state index in [0.717, 1.165) is 25.6 Å². The number of likely N-dealkylation sites (N-methyl/N-ethyl adjacent to an activating group) is 1. The van der Waals surface area contributed by atoms with E-state index >= 15 is 0 Å². The molecule has 6 heteroatoms. The summed E-state index contributed by atoms with van der Waals surface area (Å²) in [4.78, 5) is 10.2. The van der Waals surface area contributed by atoms with Gasteiger partial charge in [0.1, 0.15) is 0 Å². The lowest BCUT2D eigenvalue weighted by Crippen LogP contribution is -2.49. The van der Waals surface area contributed by atoms with E-state index in [2.05, 4.69) is 41.2 Å². The van der Waals surface area contributed by atoms with Crippen molar-refractivity contribution in [1.29, 1.82) is 0 Å². The summed E-state index contributed by atoms with van der Waals surface area (Å²) in [5, 5.41) is 7.15. The highest BCUT2D eigenvalue weighted by Crippen LogP contribution is 2.17. The van der Waals surface area contributed by atoms with Crippen LogP contribution in [0.15, 0.2) is 4.99 Å². The number of piperidine rings is 2. The van der Waals surface area contributed by atoms with Crippen molar-refractivity contribution in [1.82, 2.24) is 20.4 Å². The summed E-state index contributed by atoms with van der Waals surface area (Å²) in [5.74, 6) is 1.02. The molecular weight excluding hydrogens is 437 g/mol. The van der Waals surface area contributed by atoms with Gasteiger partial charge in [0.15, 0.2) is 5.96 Å². The number of aliphatic imine (C=N–C) groups is 1. The largest absolute Gasteiger partial charge is 0.357 e. The lowest BCUT2D eigenvalue weighted by Gasteiger charge is -2.35. The zero-order valence-corrected chi connectivity index (χ0v) is 19.6. The first-order chi connectivity index (χ1) is 12.3. The molecule has 2 N–H and O–H groups in total. The van der Waals surface area contributed by atoms with Gasteiger partial charge in [0.25, 0.3) is 0 Å². The highest BCUT2D eigenvalue weighted by Gasteiger charge is 2.22. The van der Waals surface area contributed by atoms with E-state index in [0.29, 0.717) is 12.1 Å². The first-order valence-corrected chi connectivity index (χ1v) is 10.8. The number of halogens is 1. The van der Waals surface area contributed by atoms with Crippen LogP contribution in [0.4, 0.5) is 0 Å². The van der Waals surface area contributed by atoms with Crippen LogP contribution in [0.1, 0.15) is 65.7 Å². The fraction of sp³-hybridized carbons (Fsp3) is 0.950. The summed E-state index contributed by atoms with van der Waals surface area (Å²) >= 11 is 0. The highest BCUT2D eigenvalue weighted by molar-refractivity contribution is 14.0. The predicted octanol–water partition coefficient (Wildman–Crippen LogP) is 3.30. The maximum Gasteiger partial charge on any atom is 0.191 e. The van der Waals surface area contributed by atoms with E-state index in [-0.39, 0.29) is 24.0 Å². The monoisotopic (exact) mass is 479 g/mol. The maximum absolute atomic E-state index is 4.94. The normalized spacial score (nSPS) is 23.5. The van der Waals surface area contributed by atoms with Crippen molar-refractivity contribution in [3.63, 3.8) is 0 Å². The van der Waals surface area contributed by atoms with E-state index in [1.807, 2.05) is 0 Å². The molecule has 2 heterocycles. The summed E-state index contributed by atoms with van der Waals surface area (Å²) in [6.07, 6.45) is 9.10. The highest BCUT2D eigenvalue weighted by atomic mass is 127. The Hall–Kier alpha value is -0.0800. The molecule has 1 unspecified atom stereocenters. The predicted molar refractivity (Wildman–Crippen MR) is 124 cm³/mol. The zero-order chi connectivity index (χ0) is 17.9. The van der Waals surface area contributed by atoms with Crippen LogP contribution in [-0.4, -0.2) is 73.7 Å². The van der Waals surface area contributed by atoms with Gasteiger partial charge in [0, 0.05) is 31.7 Å². The van der Waals surface area contributed by atoms with Crippen molar-refractivity contribution >= 4 is 29.9 Å². The minimum absolute atomic E-state index is 0. The minimum atomic E-state index is 0. The molecule has 5 nitrogen and oxygen atoms in total. The van der Waals surface area contributed by atoms with Crippen LogP contribution in [0.25, 0.3) is 0 Å². The van der Waals surface area contributed by atoms with Gasteiger partial charge in [-0.2, -0.15) is 0 Å². The molecule has 0 bridgehead atoms. The van der Waals surface area contributed by atoms with E-state index in [1.54, 1.807) is 0 Å². The molecule has 2 fully saturated rings. The van der Waals surface area contributed by atoms with E-state index in [9.17, 15) is 0 Å². The van der Waals surface area contributed by atoms with Crippen molar-refractivity contribution in [3.8, 4) is 0 Å². The molecule has 0 aromatic heterocycles. The summed E-state index contributed by atoms with van der Waals surface area (Å²) < 4.78 is 0. The molecule has 2 saturated heterocycles. The lowest BCUT2D eigenvalue weighted by molar-refractivity contribution is 0.161. The van der Waals surface area contributed by atoms with Gasteiger partial charge >= 0.3 is 0 Å². The number of hydrogen-bond acceptors (Lipinski definition) is 3. The second-order valence-corrected chi connectivity index (χ2v) is 7.61. The third kappa shape index (κ3) is 8.30. The summed E-state index contributed by atoms with van der Waals surface area (Å²) in [5.41, 5.74) is 0. The number of hydrogen-bond donors (Lipinski definition) is 2. The van der Waals surface area contributed by atoms with Crippen molar-refractivity contribution in [3.05, 3.63) is 0 Å². The summed E-state index contributed by atoms with van der Waals surface area (Å²) in [7, 11) is 0. The number of nitrogens with zero attached hydrogens (tertiary/aromatic N) is 3. The van der Waals surface area contributed by atoms with Crippen LogP contribution < -0.4 is 10.6 Å². The maximum atomic E-state index is 4.94. The SMILES string of the molecule is CCCCN1CCC(NC(=NCC2CCCCN2CC)NCC)CC1.I. The number of nitrogens with one attached hydrogen (secondary N) is 2. The molecule has 2 rings (SSSR count). The number of guanidine groups is 1. The molecule has 26 heavy (non-hydrogen) atoms. The van der Waals surface area contributed by atoms with Crippen LogP contribution in [0.5, 0.6) is 0 Å². The first kappa shape index (κ1) is 24.0. The Morgan fingerprint density at radius 2 is 1.81 bits per heavy atom. The van der Waals surface area contributed by atoms with Gasteiger partial charge in [0.2, 0.25) is 0 Å². The summed E-state index contributed by atoms with van der Waals surface area (Å²) in [6, 6.07) is 1.20. The smallest absolute Gasteiger partial charge is 0.191 e. The van der Waals surface area contributed by atoms with Gasteiger partial charge in [-0.3, -0.25) is 9.89 Å². The van der Waals surface area contributed by atoms with Gasteiger partial charge in [0.05, 0.1) is 6.54 Å². The van der Waals surface area contributed by atoms with Crippen molar-refractivity contribution in [2.24, 2.45) is 4.99 Å². The molecule has 2 aliphatic rings. The van der Waals surface area contributed by atoms with Crippen LogP contribution in [0, 0.1) is 0 Å². The van der Waals surface area contributed by atoms with Gasteiger partial charge in [-0.15, -0.1) is 24.0 Å². The molecule has 0 radical (unpaired) electrons. The van der Waals surface area contributed by atoms with Crippen LogP contribution in [0.2, 0.25) is 0 Å². The molecule has 0 aromatic carbocycles. The van der Waals surface area contributed by atoms with Gasteiger partial charge in [-0.25, -0.2) is 0 Å². The topological polar surface area (TPSA) is 42.9 Å². The number of likely N-dealkylation sites (tertiary alicyclic amines) is 2. The summed E-state index contributed by atoms with van der Waals surface area (Å²) in [6.45, 7) is 14.7. The van der Waals surface area contributed by atoms with Crippen LogP contribution in [0.3, 0.4) is 0 Å². The lowest BCUT2D eigenvalue weighted by atomic mass is 10.0. The fourth-order valence-corrected chi connectivity index (χ4v) is 4.08. The number of unbranched alkanes of at least 4 members (excludes halogenated alkanes) is 1. The van der Waals surface area contributed by atoms with E-state index in [1.165, 1.54) is 71.1 Å². The van der Waals surface area contributed by atoms with E-state index < -0.39 is 0 Å². The Morgan fingerprint density at radius 1 is 1.04 bits per heavy atom. The Kier molecular flexibility index (Phi) is 12.9. The minimum Gasteiger partial charge on any atom is -0.357 e. The van der Waals surface area contributed by atoms with Crippen molar-refractivity contribution < 1.29 is 0 Å². The average molecular weight is 479 g/mol. The average Bonchev–Trinajstić information content (AvgIpc) is 2.66. The van der Waals surface area contributed by atoms with Crippen LogP contribution >= 0.6 is 24.0 Å². The fourth-order valence-electron chi connectivity index (χ4n) is 4.08. The molecule has 0 spiro atoms. The van der Waals surface area contributed by atoms with Crippen molar-refractivity contribution in [2.75, 3.05) is 45.8 Å². The van der Waals surface area contributed by atoms with Gasteiger partial charge in [-0.05, 0) is 58.7 Å². The molecule has 2 aliphatic heterocycles. The first-order valence-electron chi connectivity index (χ1n) is 10.8. The zero-order valence-electron chi connectivity index (χ0n) is 17.3. The van der Waals surface area contributed by atoms with Crippen molar-refractivity contribution in [2.45, 2.75) is 77.8 Å². The number of rotatable bonds is 8. The molecule has 0 saturated carbocycles. The second kappa shape index (κ2) is 14.0. The Labute approximate surface area is 178 Å². The van der Waals surface area contributed by atoms with Crippen LogP contribution in [-0.2, 0) is 0 Å². The third-order valence-corrected chi connectivity index (χ3v) is 5.72. The molecule has 1 atom stereocenters. The van der Waals surface area contributed by atoms with E-state index in [4.69, 9.17) is 4.99 Å². The Balaban J connectivity index is 0.00000338. The molecule has 0 aromatic rings. The second-order valence-electron chi connectivity index (χ2n) is 7.61.